The van der Waals surface area contributed by atoms with Crippen LogP contribution in [0.15, 0.2) is 42.6 Å². The third-order valence-electron chi connectivity index (χ3n) is 7.44. The van der Waals surface area contributed by atoms with Crippen LogP contribution in [-0.4, -0.2) is 55.7 Å². The topological polar surface area (TPSA) is 84.4 Å². The number of nitrogens with zero attached hydrogens (tertiary/aromatic N) is 3. The molecule has 9 heteroatoms. The molecular weight excluding hydrogens is 455 g/mol. The number of rotatable bonds is 8. The molecule has 2 saturated carbocycles. The van der Waals surface area contributed by atoms with Gasteiger partial charge in [0.05, 0.1) is 18.0 Å². The van der Waals surface area contributed by atoms with Crippen molar-refractivity contribution in [1.82, 2.24) is 14.9 Å². The molecule has 0 radical (unpaired) electrons. The zero-order valence-corrected chi connectivity index (χ0v) is 20.2. The molecule has 0 spiro atoms. The predicted molar refractivity (Wildman–Crippen MR) is 129 cm³/mol. The lowest BCUT2D eigenvalue weighted by molar-refractivity contribution is -0.00217. The van der Waals surface area contributed by atoms with Crippen molar-refractivity contribution >= 4 is 15.8 Å². The van der Waals surface area contributed by atoms with Crippen LogP contribution in [0.5, 0.6) is 0 Å². The van der Waals surface area contributed by atoms with Gasteiger partial charge in [0, 0.05) is 31.2 Å². The molecule has 0 amide bonds. The molecule has 1 aromatic heterocycles. The molecule has 2 aliphatic carbocycles. The molecule has 2 heterocycles. The normalized spacial score (nSPS) is 28.1. The molecule has 5 rings (SSSR count). The van der Waals surface area contributed by atoms with Gasteiger partial charge < -0.3 is 9.64 Å². The van der Waals surface area contributed by atoms with Crippen molar-refractivity contribution in [2.24, 2.45) is 5.92 Å². The maximum Gasteiger partial charge on any atom is 0.214 e. The van der Waals surface area contributed by atoms with E-state index >= 15 is 0 Å². The van der Waals surface area contributed by atoms with Gasteiger partial charge in [0.15, 0.2) is 5.82 Å². The van der Waals surface area contributed by atoms with E-state index in [0.717, 1.165) is 56.5 Å². The fraction of sp³-hybridized carbons (Fsp3) is 0.600. The fourth-order valence-corrected chi connectivity index (χ4v) is 6.98. The summed E-state index contributed by atoms with van der Waals surface area (Å²) in [5, 5.41) is 8.00. The van der Waals surface area contributed by atoms with Gasteiger partial charge in [-0.05, 0) is 80.7 Å². The zero-order valence-electron chi connectivity index (χ0n) is 19.4. The number of halogens is 1. The molecule has 7 nitrogen and oxygen atoms in total. The number of hydrogen-bond acceptors (Lipinski definition) is 6. The van der Waals surface area contributed by atoms with Crippen molar-refractivity contribution in [2.75, 3.05) is 24.6 Å². The number of nitrogens with one attached hydrogen (secondary N) is 1. The van der Waals surface area contributed by atoms with Crippen LogP contribution in [0.1, 0.15) is 56.4 Å². The number of ether oxygens (including phenoxy) is 1. The summed E-state index contributed by atoms with van der Waals surface area (Å²) < 4.78 is 48.2. The fourth-order valence-electron chi connectivity index (χ4n) is 5.29. The van der Waals surface area contributed by atoms with Crippen LogP contribution in [0, 0.1) is 11.7 Å². The second-order valence-corrected chi connectivity index (χ2v) is 11.9. The number of hydrogen-bond donors (Lipinski definition) is 1. The van der Waals surface area contributed by atoms with Crippen molar-refractivity contribution < 1.29 is 17.5 Å². The molecule has 1 N–H and O–H groups in total. The number of piperidine rings is 1. The first kappa shape index (κ1) is 23.6. The van der Waals surface area contributed by atoms with Gasteiger partial charge in [0.1, 0.15) is 5.82 Å². The van der Waals surface area contributed by atoms with Gasteiger partial charge in [0.25, 0.3) is 0 Å². The van der Waals surface area contributed by atoms with Crippen molar-refractivity contribution in [3.63, 3.8) is 0 Å². The molecule has 34 heavy (non-hydrogen) atoms. The molecule has 2 unspecified atom stereocenters. The van der Waals surface area contributed by atoms with Crippen LogP contribution in [0.3, 0.4) is 0 Å². The zero-order chi connectivity index (χ0) is 23.5. The Hall–Kier alpha value is -2.10. The summed E-state index contributed by atoms with van der Waals surface area (Å²) >= 11 is 0. The lowest BCUT2D eigenvalue weighted by Crippen LogP contribution is -2.53. The van der Waals surface area contributed by atoms with Gasteiger partial charge in [-0.3, -0.25) is 0 Å². The monoisotopic (exact) mass is 488 g/mol. The van der Waals surface area contributed by atoms with E-state index in [-0.39, 0.29) is 29.1 Å². The van der Waals surface area contributed by atoms with E-state index in [4.69, 9.17) is 4.74 Å². The number of benzene rings is 1. The smallest absolute Gasteiger partial charge is 0.214 e. The standard InChI is InChI=1S/C25H33FN4O3S/c26-21-4-1-3-19(15-21)18-6-8-22(9-7-18)33-17-20-16-30(25-5-2-13-27-28-25)14-12-24(20)29-34(31,32)23-10-11-23/h1-5,13,15,18,20,22-24,29H,6-12,14,16-17H2. The van der Waals surface area contributed by atoms with Crippen molar-refractivity contribution in [3.05, 3.63) is 54.0 Å². The van der Waals surface area contributed by atoms with E-state index < -0.39 is 10.0 Å². The number of aromatic nitrogens is 2. The molecule has 0 bridgehead atoms. The molecule has 2 atom stereocenters. The van der Waals surface area contributed by atoms with Crippen LogP contribution in [-0.2, 0) is 14.8 Å². The van der Waals surface area contributed by atoms with Gasteiger partial charge in [-0.1, -0.05) is 12.1 Å². The number of sulfonamides is 1. The molecule has 3 aliphatic rings. The van der Waals surface area contributed by atoms with Gasteiger partial charge in [-0.2, -0.15) is 5.10 Å². The molecule has 184 valence electrons. The first-order valence-corrected chi connectivity index (χ1v) is 13.9. The van der Waals surface area contributed by atoms with Crippen LogP contribution in [0.2, 0.25) is 0 Å². The van der Waals surface area contributed by atoms with Crippen LogP contribution < -0.4 is 9.62 Å². The number of anilines is 1. The molecular formula is C25H33FN4O3S. The van der Waals surface area contributed by atoms with Crippen LogP contribution >= 0.6 is 0 Å². The Morgan fingerprint density at radius 3 is 2.59 bits per heavy atom. The average molecular weight is 489 g/mol. The third kappa shape index (κ3) is 5.75. The summed E-state index contributed by atoms with van der Waals surface area (Å²) in [7, 11) is -3.27. The highest BCUT2D eigenvalue weighted by atomic mass is 32.2. The molecule has 3 fully saturated rings. The molecule has 1 aromatic carbocycles. The lowest BCUT2D eigenvalue weighted by atomic mass is 9.82. The summed E-state index contributed by atoms with van der Waals surface area (Å²) in [5.41, 5.74) is 1.07. The minimum atomic E-state index is -3.27. The van der Waals surface area contributed by atoms with E-state index in [2.05, 4.69) is 19.8 Å². The van der Waals surface area contributed by atoms with E-state index in [0.29, 0.717) is 25.5 Å². The molecule has 2 aromatic rings. The first-order valence-electron chi connectivity index (χ1n) is 12.4. The van der Waals surface area contributed by atoms with Crippen LogP contribution in [0.25, 0.3) is 0 Å². The van der Waals surface area contributed by atoms with Crippen molar-refractivity contribution in [1.29, 1.82) is 0 Å². The Bertz CT molecular complexity index is 1060. The largest absolute Gasteiger partial charge is 0.378 e. The van der Waals surface area contributed by atoms with E-state index in [1.807, 2.05) is 18.2 Å². The SMILES string of the molecule is O=S(=O)(NC1CCN(c2cccnn2)CC1COC1CCC(c2cccc(F)c2)CC1)C1CC1. The summed E-state index contributed by atoms with van der Waals surface area (Å²) in [4.78, 5) is 2.17. The predicted octanol–water partition coefficient (Wildman–Crippen LogP) is 3.64. The quantitative estimate of drug-likeness (QED) is 0.611. The highest BCUT2D eigenvalue weighted by Crippen LogP contribution is 2.35. The van der Waals surface area contributed by atoms with E-state index in [9.17, 15) is 12.8 Å². The summed E-state index contributed by atoms with van der Waals surface area (Å²) in [5.74, 6) is 1.04. The average Bonchev–Trinajstić information content (AvgIpc) is 3.71. The Morgan fingerprint density at radius 1 is 1.06 bits per heavy atom. The van der Waals surface area contributed by atoms with Gasteiger partial charge in [-0.25, -0.2) is 17.5 Å². The second-order valence-electron chi connectivity index (χ2n) is 9.91. The van der Waals surface area contributed by atoms with E-state index in [1.54, 1.807) is 18.3 Å². The highest BCUT2D eigenvalue weighted by Gasteiger charge is 2.40. The second kappa shape index (κ2) is 10.3. The lowest BCUT2D eigenvalue weighted by Gasteiger charge is -2.40. The Morgan fingerprint density at radius 2 is 1.88 bits per heavy atom. The molecule has 1 saturated heterocycles. The highest BCUT2D eigenvalue weighted by molar-refractivity contribution is 7.90. The Kier molecular flexibility index (Phi) is 7.13. The van der Waals surface area contributed by atoms with Gasteiger partial charge in [0.2, 0.25) is 10.0 Å². The maximum absolute atomic E-state index is 13.6. The molecule has 1 aliphatic heterocycles. The Labute approximate surface area is 201 Å². The van der Waals surface area contributed by atoms with Gasteiger partial charge >= 0.3 is 0 Å². The maximum atomic E-state index is 13.6. The Balaban J connectivity index is 1.20. The van der Waals surface area contributed by atoms with E-state index in [1.165, 1.54) is 6.07 Å². The first-order chi connectivity index (χ1) is 16.5. The summed E-state index contributed by atoms with van der Waals surface area (Å²) in [6.45, 7) is 1.91. The van der Waals surface area contributed by atoms with Crippen LogP contribution in [0.4, 0.5) is 10.2 Å². The minimum Gasteiger partial charge on any atom is -0.378 e. The summed E-state index contributed by atoms with van der Waals surface area (Å²) in [6, 6.07) is 10.6. The van der Waals surface area contributed by atoms with Gasteiger partial charge in [-0.15, -0.1) is 5.10 Å². The van der Waals surface area contributed by atoms with Crippen molar-refractivity contribution in [2.45, 2.75) is 68.3 Å². The van der Waals surface area contributed by atoms with Crippen molar-refractivity contribution in [3.8, 4) is 0 Å². The summed E-state index contributed by atoms with van der Waals surface area (Å²) in [6.07, 6.45) is 7.83. The third-order valence-corrected chi connectivity index (χ3v) is 9.42. The minimum absolute atomic E-state index is 0.0326.